The minimum absolute atomic E-state index is 0.0625. The maximum Gasteiger partial charge on any atom is 0.0901 e. The predicted molar refractivity (Wildman–Crippen MR) is 63.2 cm³/mol. The van der Waals surface area contributed by atoms with Crippen molar-refractivity contribution in [2.75, 3.05) is 6.61 Å². The van der Waals surface area contributed by atoms with Crippen LogP contribution in [0.25, 0.3) is 0 Å². The maximum atomic E-state index is 9.64. The maximum absolute atomic E-state index is 9.64. The van der Waals surface area contributed by atoms with Gasteiger partial charge in [-0.2, -0.15) is 15.4 Å². The first-order valence-corrected chi connectivity index (χ1v) is 5.66. The molecule has 1 aliphatic rings. The van der Waals surface area contributed by atoms with E-state index < -0.39 is 6.10 Å². The fourth-order valence-corrected chi connectivity index (χ4v) is 2.34. The van der Waals surface area contributed by atoms with Crippen LogP contribution in [0.2, 0.25) is 0 Å². The summed E-state index contributed by atoms with van der Waals surface area (Å²) in [7, 11) is 0. The average molecular weight is 235 g/mol. The Kier molecular flexibility index (Phi) is 3.40. The number of allylic oxidation sites excluding steroid dienone is 4. The van der Waals surface area contributed by atoms with Crippen LogP contribution in [0.15, 0.2) is 30.5 Å². The minimum Gasteiger partial charge on any atom is -0.394 e. The molecule has 1 heterocycles. The number of rotatable bonds is 4. The highest BCUT2D eigenvalue weighted by Gasteiger charge is 2.35. The molecule has 3 unspecified atom stereocenters. The van der Waals surface area contributed by atoms with E-state index in [2.05, 4.69) is 15.4 Å². The average Bonchev–Trinajstić information content (AvgIpc) is 2.82. The molecule has 0 amide bonds. The van der Waals surface area contributed by atoms with E-state index in [1.54, 1.807) is 6.20 Å². The van der Waals surface area contributed by atoms with Gasteiger partial charge in [0.2, 0.25) is 0 Å². The van der Waals surface area contributed by atoms with Crippen molar-refractivity contribution in [3.8, 4) is 0 Å². The molecule has 5 nitrogen and oxygen atoms in total. The third kappa shape index (κ3) is 2.45. The Hall–Kier alpha value is -1.46. The van der Waals surface area contributed by atoms with E-state index in [-0.39, 0.29) is 17.9 Å². The number of nitrogens with one attached hydrogen (secondary N) is 1. The topological polar surface area (TPSA) is 82.0 Å². The first kappa shape index (κ1) is 12.0. The number of hydrogen-bond donors (Lipinski definition) is 3. The second-order valence-corrected chi connectivity index (χ2v) is 4.66. The number of aliphatic hydroxyl groups excluding tert-OH is 2. The number of aliphatic hydroxyl groups is 2. The molecule has 0 aliphatic heterocycles. The molecule has 2 rings (SSSR count). The molecular formula is C12H17N3O2. The summed E-state index contributed by atoms with van der Waals surface area (Å²) in [6, 6.07) is 0. The molecule has 0 spiro atoms. The highest BCUT2D eigenvalue weighted by atomic mass is 16.3. The van der Waals surface area contributed by atoms with Crippen molar-refractivity contribution in [2.45, 2.75) is 25.4 Å². The lowest BCUT2D eigenvalue weighted by atomic mass is 9.69. The summed E-state index contributed by atoms with van der Waals surface area (Å²) in [5, 5.41) is 29.1. The molecule has 1 aromatic heterocycles. The van der Waals surface area contributed by atoms with Crippen molar-refractivity contribution in [3.63, 3.8) is 0 Å². The summed E-state index contributed by atoms with van der Waals surface area (Å²) in [5.41, 5.74) is 0.589. The molecule has 0 aromatic carbocycles. The van der Waals surface area contributed by atoms with Gasteiger partial charge in [0, 0.05) is 11.3 Å². The van der Waals surface area contributed by atoms with Crippen LogP contribution in [0.5, 0.6) is 0 Å². The zero-order chi connectivity index (χ0) is 12.3. The summed E-state index contributed by atoms with van der Waals surface area (Å²) in [6.45, 7) is 1.82. The van der Waals surface area contributed by atoms with Gasteiger partial charge in [0.15, 0.2) is 0 Å². The molecule has 0 bridgehead atoms. The van der Waals surface area contributed by atoms with E-state index in [9.17, 15) is 5.11 Å². The van der Waals surface area contributed by atoms with E-state index in [1.807, 2.05) is 31.2 Å². The predicted octanol–water partition coefficient (Wildman–Crippen LogP) is 0.764. The quantitative estimate of drug-likeness (QED) is 0.719. The molecule has 0 saturated carbocycles. The van der Waals surface area contributed by atoms with Crippen LogP contribution in [-0.4, -0.2) is 38.3 Å². The van der Waals surface area contributed by atoms with Gasteiger partial charge in [-0.25, -0.2) is 0 Å². The Labute approximate surface area is 99.9 Å². The highest BCUT2D eigenvalue weighted by Crippen LogP contribution is 2.43. The van der Waals surface area contributed by atoms with Gasteiger partial charge in [-0.05, 0) is 6.42 Å². The Balaban J connectivity index is 2.24. The van der Waals surface area contributed by atoms with Crippen molar-refractivity contribution >= 4 is 0 Å². The van der Waals surface area contributed by atoms with Crippen LogP contribution in [0.1, 0.15) is 25.0 Å². The van der Waals surface area contributed by atoms with E-state index in [0.29, 0.717) is 6.42 Å². The second kappa shape index (κ2) is 4.81. The molecule has 1 aliphatic carbocycles. The van der Waals surface area contributed by atoms with Crippen LogP contribution in [-0.2, 0) is 0 Å². The fourth-order valence-electron chi connectivity index (χ4n) is 2.34. The zero-order valence-corrected chi connectivity index (χ0v) is 9.74. The van der Waals surface area contributed by atoms with Gasteiger partial charge in [0.1, 0.15) is 0 Å². The molecule has 3 N–H and O–H groups in total. The van der Waals surface area contributed by atoms with Crippen molar-refractivity contribution in [2.24, 2.45) is 5.41 Å². The highest BCUT2D eigenvalue weighted by molar-refractivity contribution is 5.28. The van der Waals surface area contributed by atoms with Crippen molar-refractivity contribution in [1.82, 2.24) is 15.4 Å². The minimum atomic E-state index is -0.717. The number of H-pyrrole nitrogens is 1. The third-order valence-corrected chi connectivity index (χ3v) is 3.24. The largest absolute Gasteiger partial charge is 0.394 e. The lowest BCUT2D eigenvalue weighted by Gasteiger charge is -2.35. The van der Waals surface area contributed by atoms with E-state index in [1.165, 1.54) is 0 Å². The normalized spacial score (nSPS) is 29.5. The number of nitrogens with zero attached hydrogens (tertiary/aromatic N) is 2. The molecule has 1 aromatic rings. The Morgan fingerprint density at radius 1 is 1.53 bits per heavy atom. The van der Waals surface area contributed by atoms with Crippen molar-refractivity contribution < 1.29 is 10.2 Å². The van der Waals surface area contributed by atoms with Crippen LogP contribution in [0, 0.1) is 5.41 Å². The Morgan fingerprint density at radius 2 is 2.35 bits per heavy atom. The van der Waals surface area contributed by atoms with E-state index >= 15 is 0 Å². The van der Waals surface area contributed by atoms with E-state index in [0.717, 1.165) is 5.69 Å². The summed E-state index contributed by atoms with van der Waals surface area (Å²) in [6.07, 6.45) is 9.48. The summed E-state index contributed by atoms with van der Waals surface area (Å²) in [5.74, 6) is 0.0625. The van der Waals surface area contributed by atoms with Crippen LogP contribution >= 0.6 is 0 Å². The van der Waals surface area contributed by atoms with Crippen molar-refractivity contribution in [3.05, 3.63) is 36.2 Å². The lowest BCUT2D eigenvalue weighted by Crippen LogP contribution is -2.30. The zero-order valence-electron chi connectivity index (χ0n) is 9.74. The third-order valence-electron chi connectivity index (χ3n) is 3.24. The van der Waals surface area contributed by atoms with Gasteiger partial charge in [0.25, 0.3) is 0 Å². The van der Waals surface area contributed by atoms with Gasteiger partial charge < -0.3 is 10.2 Å². The molecule has 92 valence electrons. The lowest BCUT2D eigenvalue weighted by molar-refractivity contribution is 0.0597. The van der Waals surface area contributed by atoms with Gasteiger partial charge in [-0.15, -0.1) is 0 Å². The van der Waals surface area contributed by atoms with Gasteiger partial charge in [0.05, 0.1) is 24.6 Å². The SMILES string of the molecule is CC1(CC(O)CO)C=CC=CC1c1cn[nH]n1. The summed E-state index contributed by atoms with van der Waals surface area (Å²) >= 11 is 0. The van der Waals surface area contributed by atoms with Gasteiger partial charge in [-0.3, -0.25) is 0 Å². The Bertz CT molecular complexity index is 413. The standard InChI is InChI=1S/C12H17N3O2/c1-12(6-9(17)8-16)5-3-2-4-10(12)11-7-13-15-14-11/h2-5,7,9-10,16-17H,6,8H2,1H3,(H,13,14,15). The number of aromatic amines is 1. The van der Waals surface area contributed by atoms with Gasteiger partial charge >= 0.3 is 0 Å². The number of hydrogen-bond acceptors (Lipinski definition) is 4. The monoisotopic (exact) mass is 235 g/mol. The summed E-state index contributed by atoms with van der Waals surface area (Å²) in [4.78, 5) is 0. The van der Waals surface area contributed by atoms with E-state index in [4.69, 9.17) is 5.11 Å². The number of aromatic nitrogens is 3. The van der Waals surface area contributed by atoms with Crippen molar-refractivity contribution in [1.29, 1.82) is 0 Å². The van der Waals surface area contributed by atoms with Gasteiger partial charge in [-0.1, -0.05) is 31.2 Å². The van der Waals surface area contributed by atoms with Crippen LogP contribution < -0.4 is 0 Å². The molecule has 5 heteroatoms. The fraction of sp³-hybridized carbons (Fsp3) is 0.500. The molecule has 17 heavy (non-hydrogen) atoms. The first-order chi connectivity index (χ1) is 8.15. The van der Waals surface area contributed by atoms with Crippen LogP contribution in [0.4, 0.5) is 0 Å². The smallest absolute Gasteiger partial charge is 0.0901 e. The molecule has 0 radical (unpaired) electrons. The second-order valence-electron chi connectivity index (χ2n) is 4.66. The molecular weight excluding hydrogens is 218 g/mol. The van der Waals surface area contributed by atoms with Crippen LogP contribution in [0.3, 0.4) is 0 Å². The molecule has 0 fully saturated rings. The Morgan fingerprint density at radius 3 is 3.00 bits per heavy atom. The first-order valence-electron chi connectivity index (χ1n) is 5.66. The summed E-state index contributed by atoms with van der Waals surface area (Å²) < 4.78 is 0. The molecule has 0 saturated heterocycles. The molecule has 3 atom stereocenters.